The molecular formula is C53H34N2O. The van der Waals surface area contributed by atoms with E-state index in [0.717, 1.165) is 61.2 Å². The quantitative estimate of drug-likeness (QED) is 0.164. The van der Waals surface area contributed by atoms with Gasteiger partial charge in [0.25, 0.3) is 0 Å². The van der Waals surface area contributed by atoms with Gasteiger partial charge in [-0.2, -0.15) is 0 Å². The minimum Gasteiger partial charge on any atom is -0.456 e. The molecule has 0 bridgehead atoms. The van der Waals surface area contributed by atoms with E-state index < -0.39 is 0 Å². The summed E-state index contributed by atoms with van der Waals surface area (Å²) in [7, 11) is 0. The second-order valence-electron chi connectivity index (χ2n) is 14.4. The largest absolute Gasteiger partial charge is 0.456 e. The van der Waals surface area contributed by atoms with Gasteiger partial charge in [-0.1, -0.05) is 164 Å². The maximum atomic E-state index is 6.54. The van der Waals surface area contributed by atoms with Crippen molar-refractivity contribution in [2.45, 2.75) is 6.42 Å². The molecule has 56 heavy (non-hydrogen) atoms. The van der Waals surface area contributed by atoms with E-state index in [2.05, 4.69) is 182 Å². The average molecular weight is 715 g/mol. The Bertz CT molecular complexity index is 3210. The number of benzene rings is 9. The van der Waals surface area contributed by atoms with Crippen LogP contribution in [0.5, 0.6) is 0 Å². The zero-order chi connectivity index (χ0) is 37.0. The van der Waals surface area contributed by atoms with E-state index >= 15 is 0 Å². The van der Waals surface area contributed by atoms with Gasteiger partial charge in [0.2, 0.25) is 0 Å². The molecule has 0 amide bonds. The molecule has 2 heterocycles. The molecule has 0 spiro atoms. The van der Waals surface area contributed by atoms with Gasteiger partial charge in [0.1, 0.15) is 11.2 Å². The molecule has 0 fully saturated rings. The molecule has 0 aliphatic carbocycles. The first kappa shape index (κ1) is 32.1. The van der Waals surface area contributed by atoms with Gasteiger partial charge in [-0.05, 0) is 96.0 Å². The fourth-order valence-corrected chi connectivity index (χ4v) is 8.42. The molecule has 3 nitrogen and oxygen atoms in total. The smallest absolute Gasteiger partial charge is 0.160 e. The summed E-state index contributed by atoms with van der Waals surface area (Å²) < 4.78 is 6.54. The normalized spacial score (nSPS) is 13.2. The fourth-order valence-electron chi connectivity index (χ4n) is 8.42. The van der Waals surface area contributed by atoms with Gasteiger partial charge in [0.15, 0.2) is 5.84 Å². The van der Waals surface area contributed by atoms with Crippen LogP contribution in [0.2, 0.25) is 0 Å². The zero-order valence-electron chi connectivity index (χ0n) is 30.5. The second kappa shape index (κ2) is 13.2. The molecular weight excluding hydrogens is 681 g/mol. The summed E-state index contributed by atoms with van der Waals surface area (Å²) in [6, 6.07) is 66.7. The predicted molar refractivity (Wildman–Crippen MR) is 236 cm³/mol. The molecule has 1 aromatic heterocycles. The van der Waals surface area contributed by atoms with E-state index in [-0.39, 0.29) is 0 Å². The lowest BCUT2D eigenvalue weighted by Gasteiger charge is -2.12. The van der Waals surface area contributed by atoms with E-state index in [1.54, 1.807) is 0 Å². The molecule has 0 saturated heterocycles. The summed E-state index contributed by atoms with van der Waals surface area (Å²) in [5.41, 5.74) is 11.3. The second-order valence-corrected chi connectivity index (χ2v) is 14.4. The van der Waals surface area contributed by atoms with Crippen LogP contribution in [-0.2, 0) is 0 Å². The summed E-state index contributed by atoms with van der Waals surface area (Å²) in [4.78, 5) is 10.6. The number of amidine groups is 1. The van der Waals surface area contributed by atoms with Gasteiger partial charge in [0, 0.05) is 22.8 Å². The highest BCUT2D eigenvalue weighted by molar-refractivity contribution is 6.26. The Morgan fingerprint density at radius 2 is 0.911 bits per heavy atom. The number of hydrogen-bond donors (Lipinski definition) is 0. The first-order valence-corrected chi connectivity index (χ1v) is 19.1. The predicted octanol–water partition coefficient (Wildman–Crippen LogP) is 14.1. The third kappa shape index (κ3) is 5.44. The van der Waals surface area contributed by atoms with Crippen LogP contribution in [0.3, 0.4) is 0 Å². The van der Waals surface area contributed by atoms with Crippen LogP contribution < -0.4 is 0 Å². The minimum atomic E-state index is 0.666. The van der Waals surface area contributed by atoms with Crippen LogP contribution in [0.15, 0.2) is 209 Å². The Balaban J connectivity index is 1.07. The lowest BCUT2D eigenvalue weighted by atomic mass is 9.91. The number of aliphatic imine (C=N–C) groups is 2. The minimum absolute atomic E-state index is 0.666. The van der Waals surface area contributed by atoms with E-state index in [1.807, 2.05) is 12.1 Å². The van der Waals surface area contributed by atoms with Gasteiger partial charge in [-0.15, -0.1) is 0 Å². The van der Waals surface area contributed by atoms with E-state index in [1.165, 1.54) is 43.4 Å². The van der Waals surface area contributed by atoms with Crippen molar-refractivity contribution in [3.05, 3.63) is 211 Å². The summed E-state index contributed by atoms with van der Waals surface area (Å²) in [5.74, 6) is 0.678. The summed E-state index contributed by atoms with van der Waals surface area (Å²) in [6.07, 6.45) is 2.87. The van der Waals surface area contributed by atoms with Crippen LogP contribution in [-0.4, -0.2) is 11.5 Å². The maximum Gasteiger partial charge on any atom is 0.160 e. The lowest BCUT2D eigenvalue weighted by Crippen LogP contribution is -2.04. The van der Waals surface area contributed by atoms with Gasteiger partial charge in [-0.25, -0.2) is 9.98 Å². The van der Waals surface area contributed by atoms with Crippen molar-refractivity contribution in [2.75, 3.05) is 0 Å². The van der Waals surface area contributed by atoms with Crippen molar-refractivity contribution < 1.29 is 4.42 Å². The average Bonchev–Trinajstić information content (AvgIpc) is 3.50. The topological polar surface area (TPSA) is 37.9 Å². The van der Waals surface area contributed by atoms with E-state index in [0.29, 0.717) is 12.3 Å². The zero-order valence-corrected chi connectivity index (χ0v) is 30.5. The van der Waals surface area contributed by atoms with Crippen molar-refractivity contribution in [1.82, 2.24) is 0 Å². The molecule has 0 saturated carbocycles. The van der Waals surface area contributed by atoms with Crippen LogP contribution in [0.1, 0.15) is 23.1 Å². The van der Waals surface area contributed by atoms with Crippen molar-refractivity contribution >= 4 is 71.5 Å². The molecule has 10 aromatic rings. The van der Waals surface area contributed by atoms with Crippen molar-refractivity contribution in [3.8, 4) is 22.3 Å². The Morgan fingerprint density at radius 1 is 0.357 bits per heavy atom. The molecule has 0 N–H and O–H groups in total. The number of fused-ring (bicyclic) bond motifs is 9. The van der Waals surface area contributed by atoms with Crippen molar-refractivity contribution in [2.24, 2.45) is 9.98 Å². The Kier molecular flexibility index (Phi) is 7.56. The summed E-state index contributed by atoms with van der Waals surface area (Å²) in [6.45, 7) is 0. The molecule has 3 heteroatoms. The van der Waals surface area contributed by atoms with Crippen LogP contribution in [0.4, 0.5) is 0 Å². The molecule has 1 aliphatic heterocycles. The highest BCUT2D eigenvalue weighted by Gasteiger charge is 2.19. The van der Waals surface area contributed by atoms with Crippen molar-refractivity contribution in [1.29, 1.82) is 0 Å². The highest BCUT2D eigenvalue weighted by atomic mass is 16.3. The molecule has 11 rings (SSSR count). The summed E-state index contributed by atoms with van der Waals surface area (Å²) in [5, 5.41) is 9.70. The molecule has 262 valence electrons. The number of nitrogens with zero attached hydrogens (tertiary/aromatic N) is 2. The van der Waals surface area contributed by atoms with Gasteiger partial charge in [-0.3, -0.25) is 0 Å². The molecule has 0 unspecified atom stereocenters. The van der Waals surface area contributed by atoms with Gasteiger partial charge >= 0.3 is 0 Å². The third-order valence-electron chi connectivity index (χ3n) is 11.2. The van der Waals surface area contributed by atoms with Crippen LogP contribution >= 0.6 is 0 Å². The molecule has 1 aliphatic rings. The first-order chi connectivity index (χ1) is 27.7. The number of hydrogen-bond acceptors (Lipinski definition) is 3. The van der Waals surface area contributed by atoms with E-state index in [4.69, 9.17) is 14.4 Å². The monoisotopic (exact) mass is 714 g/mol. The Hall–Kier alpha value is -7.36. The molecule has 0 radical (unpaired) electrons. The third-order valence-corrected chi connectivity index (χ3v) is 11.2. The maximum absolute atomic E-state index is 6.54. The lowest BCUT2D eigenvalue weighted by molar-refractivity contribution is 0.669. The van der Waals surface area contributed by atoms with E-state index in [9.17, 15) is 0 Å². The molecule has 0 atom stereocenters. The SMILES string of the molecule is C1=C(c2ccc(-c3ccccc3)cc2)N=C(c2ccc3oc4cccc(-c5ccc6c7ccccc7c7ccccc7c6c5)c4c3c2)N=C(c2ccccc2)C1. The highest BCUT2D eigenvalue weighted by Crippen LogP contribution is 2.41. The standard InChI is InChI=1S/C53H34N2O/c1-3-12-34(13-4-1)35-22-24-37(25-23-35)49-30-29-48(36-14-5-2-6-15-36)54-53(55-49)39-27-31-50-47(33-39)52-40(20-11-21-51(52)56-50)38-26-28-45-43-18-8-7-16-41(43)42-17-9-10-19-44(42)46(45)32-38/h1-28,30-33H,29H2. The van der Waals surface area contributed by atoms with Gasteiger partial charge < -0.3 is 4.42 Å². The summed E-state index contributed by atoms with van der Waals surface area (Å²) >= 11 is 0. The van der Waals surface area contributed by atoms with Gasteiger partial charge in [0.05, 0.1) is 11.4 Å². The first-order valence-electron chi connectivity index (χ1n) is 19.1. The number of rotatable bonds is 5. The molecule has 9 aromatic carbocycles. The number of allylic oxidation sites excluding steroid dienone is 1. The Labute approximate surface area is 324 Å². The number of furan rings is 1. The van der Waals surface area contributed by atoms with Crippen molar-refractivity contribution in [3.63, 3.8) is 0 Å². The fraction of sp³-hybridized carbons (Fsp3) is 0.0189. The van der Waals surface area contributed by atoms with Crippen LogP contribution in [0.25, 0.3) is 82.2 Å². The Morgan fingerprint density at radius 3 is 1.62 bits per heavy atom. The van der Waals surface area contributed by atoms with Crippen LogP contribution in [0, 0.1) is 0 Å².